The summed E-state index contributed by atoms with van der Waals surface area (Å²) in [6, 6.07) is 5.17. The molecule has 26 heavy (non-hydrogen) atoms. The van der Waals surface area contributed by atoms with E-state index in [1.807, 2.05) is 4.90 Å². The highest BCUT2D eigenvalue weighted by atomic mass is 16.5. The maximum Gasteiger partial charge on any atom is 0.337 e. The molecule has 1 aliphatic heterocycles. The van der Waals surface area contributed by atoms with Crippen molar-refractivity contribution < 1.29 is 23.8 Å². The fraction of sp³-hybridized carbons (Fsp3) is 0.600. The number of nitrogens with zero attached hydrogens (tertiary/aromatic N) is 1. The molecule has 2 atom stereocenters. The molecule has 6 nitrogen and oxygen atoms in total. The highest BCUT2D eigenvalue weighted by molar-refractivity contribution is 5.90. The van der Waals surface area contributed by atoms with E-state index in [0.29, 0.717) is 29.0 Å². The van der Waals surface area contributed by atoms with Crippen LogP contribution in [-0.4, -0.2) is 50.2 Å². The number of hydrogen-bond donors (Lipinski definition) is 0. The van der Waals surface area contributed by atoms with Crippen LogP contribution in [0.15, 0.2) is 18.2 Å². The number of esters is 1. The van der Waals surface area contributed by atoms with Crippen molar-refractivity contribution in [1.82, 2.24) is 4.90 Å². The Kier molecular flexibility index (Phi) is 6.01. The van der Waals surface area contributed by atoms with E-state index in [0.717, 1.165) is 19.4 Å². The lowest BCUT2D eigenvalue weighted by Gasteiger charge is -2.44. The number of ether oxygens (including phenoxy) is 3. The summed E-state index contributed by atoms with van der Waals surface area (Å²) in [7, 11) is 2.83. The van der Waals surface area contributed by atoms with Crippen LogP contribution in [-0.2, 0) is 9.53 Å². The Morgan fingerprint density at radius 1 is 1.08 bits per heavy atom. The first-order chi connectivity index (χ1) is 12.6. The van der Waals surface area contributed by atoms with Crippen molar-refractivity contribution in [2.45, 2.75) is 44.6 Å². The summed E-state index contributed by atoms with van der Waals surface area (Å²) in [4.78, 5) is 26.4. The first kappa shape index (κ1) is 18.5. The summed E-state index contributed by atoms with van der Waals surface area (Å²) in [5, 5.41) is 0. The highest BCUT2D eigenvalue weighted by Gasteiger charge is 2.35. The molecular formula is C20H27NO5. The van der Waals surface area contributed by atoms with Gasteiger partial charge in [-0.3, -0.25) is 4.79 Å². The molecule has 1 saturated heterocycles. The molecule has 1 aromatic rings. The van der Waals surface area contributed by atoms with Gasteiger partial charge in [-0.25, -0.2) is 4.79 Å². The molecule has 0 unspecified atom stereocenters. The van der Waals surface area contributed by atoms with Crippen molar-refractivity contribution >= 4 is 11.9 Å². The molecule has 2 aliphatic rings. The van der Waals surface area contributed by atoms with Crippen LogP contribution in [0.5, 0.6) is 11.5 Å². The average molecular weight is 361 g/mol. The van der Waals surface area contributed by atoms with Gasteiger partial charge in [-0.05, 0) is 49.8 Å². The topological polar surface area (TPSA) is 65.1 Å². The van der Waals surface area contributed by atoms with Crippen molar-refractivity contribution in [3.05, 3.63) is 23.8 Å². The summed E-state index contributed by atoms with van der Waals surface area (Å²) in [6.07, 6.45) is 7.13. The van der Waals surface area contributed by atoms with Crippen LogP contribution < -0.4 is 9.47 Å². The lowest BCUT2D eigenvalue weighted by atomic mass is 9.78. The van der Waals surface area contributed by atoms with Gasteiger partial charge in [0.2, 0.25) is 0 Å². The van der Waals surface area contributed by atoms with E-state index in [1.54, 1.807) is 18.2 Å². The van der Waals surface area contributed by atoms with Crippen LogP contribution in [0.3, 0.4) is 0 Å². The summed E-state index contributed by atoms with van der Waals surface area (Å²) >= 11 is 0. The zero-order valence-electron chi connectivity index (χ0n) is 15.5. The largest absolute Gasteiger partial charge is 0.493 e. The molecule has 0 N–H and O–H groups in total. The highest BCUT2D eigenvalue weighted by Crippen LogP contribution is 2.35. The number of benzene rings is 1. The molecule has 2 fully saturated rings. The lowest BCUT2D eigenvalue weighted by Crippen LogP contribution is -2.51. The Balaban J connectivity index is 1.64. The van der Waals surface area contributed by atoms with Crippen molar-refractivity contribution in [2.24, 2.45) is 5.92 Å². The molecule has 1 aromatic carbocycles. The van der Waals surface area contributed by atoms with E-state index in [2.05, 4.69) is 0 Å². The van der Waals surface area contributed by atoms with Crippen LogP contribution >= 0.6 is 0 Å². The Morgan fingerprint density at radius 3 is 2.62 bits per heavy atom. The second-order valence-electron chi connectivity index (χ2n) is 6.99. The maximum atomic E-state index is 12.7. The fourth-order valence-corrected chi connectivity index (χ4v) is 4.19. The Bertz CT molecular complexity index is 658. The monoisotopic (exact) mass is 361 g/mol. The van der Waals surface area contributed by atoms with E-state index >= 15 is 0 Å². The zero-order valence-corrected chi connectivity index (χ0v) is 15.5. The summed E-state index contributed by atoms with van der Waals surface area (Å²) < 4.78 is 15.7. The third-order valence-corrected chi connectivity index (χ3v) is 5.50. The summed E-state index contributed by atoms with van der Waals surface area (Å²) in [5.74, 6) is 1.10. The molecular weight excluding hydrogens is 334 g/mol. The number of likely N-dealkylation sites (tertiary alicyclic amines) is 1. The van der Waals surface area contributed by atoms with E-state index in [9.17, 15) is 9.59 Å². The Morgan fingerprint density at radius 2 is 1.85 bits per heavy atom. The number of amides is 1. The molecule has 0 aromatic heterocycles. The molecule has 1 saturated carbocycles. The van der Waals surface area contributed by atoms with E-state index < -0.39 is 5.97 Å². The van der Waals surface area contributed by atoms with E-state index in [-0.39, 0.29) is 12.5 Å². The smallest absolute Gasteiger partial charge is 0.337 e. The molecule has 1 amide bonds. The molecule has 0 bridgehead atoms. The Labute approximate surface area is 154 Å². The molecule has 0 radical (unpaired) electrons. The minimum atomic E-state index is -0.442. The first-order valence-corrected chi connectivity index (χ1v) is 9.32. The van der Waals surface area contributed by atoms with E-state index in [1.165, 1.54) is 39.9 Å². The van der Waals surface area contributed by atoms with Crippen molar-refractivity contribution in [1.29, 1.82) is 0 Å². The molecule has 142 valence electrons. The number of carbonyl (C=O) groups is 2. The second kappa shape index (κ2) is 8.43. The molecule has 3 rings (SSSR count). The second-order valence-corrected chi connectivity index (χ2v) is 6.99. The van der Waals surface area contributed by atoms with Gasteiger partial charge >= 0.3 is 5.97 Å². The number of carbonyl (C=O) groups excluding carboxylic acids is 2. The normalized spacial score (nSPS) is 22.3. The quantitative estimate of drug-likeness (QED) is 0.754. The number of piperidine rings is 1. The SMILES string of the molecule is COC(=O)c1ccc(OCC(=O)N2CCC[C@@H]3CCCC[C@@H]32)c(OC)c1. The number of rotatable bonds is 5. The number of fused-ring (bicyclic) bond motifs is 1. The van der Waals surface area contributed by atoms with Crippen molar-refractivity contribution in [2.75, 3.05) is 27.4 Å². The molecule has 1 heterocycles. The summed E-state index contributed by atoms with van der Waals surface area (Å²) in [5.41, 5.74) is 0.379. The Hall–Kier alpha value is -2.24. The number of hydrogen-bond acceptors (Lipinski definition) is 5. The van der Waals surface area contributed by atoms with Gasteiger partial charge in [0.1, 0.15) is 0 Å². The van der Waals surface area contributed by atoms with Crippen LogP contribution in [0.1, 0.15) is 48.9 Å². The lowest BCUT2D eigenvalue weighted by molar-refractivity contribution is -0.139. The van der Waals surface area contributed by atoms with Crippen LogP contribution in [0.25, 0.3) is 0 Å². The van der Waals surface area contributed by atoms with Gasteiger partial charge in [-0.2, -0.15) is 0 Å². The maximum absolute atomic E-state index is 12.7. The van der Waals surface area contributed by atoms with Gasteiger partial charge in [0, 0.05) is 12.6 Å². The standard InChI is InChI=1S/C20H27NO5/c1-24-18-12-15(20(23)25-2)9-10-17(18)26-13-19(22)21-11-5-7-14-6-3-4-8-16(14)21/h9-10,12,14,16H,3-8,11,13H2,1-2H3/t14-,16-/m0/s1. The third kappa shape index (κ3) is 3.94. The van der Waals surface area contributed by atoms with Gasteiger partial charge in [-0.15, -0.1) is 0 Å². The molecule has 6 heteroatoms. The molecule has 1 aliphatic carbocycles. The van der Waals surface area contributed by atoms with Crippen LogP contribution in [0, 0.1) is 5.92 Å². The van der Waals surface area contributed by atoms with Crippen molar-refractivity contribution in [3.63, 3.8) is 0 Å². The minimum Gasteiger partial charge on any atom is -0.493 e. The molecule has 0 spiro atoms. The van der Waals surface area contributed by atoms with Crippen LogP contribution in [0.2, 0.25) is 0 Å². The van der Waals surface area contributed by atoms with Gasteiger partial charge in [0.25, 0.3) is 5.91 Å². The van der Waals surface area contributed by atoms with E-state index in [4.69, 9.17) is 14.2 Å². The van der Waals surface area contributed by atoms with Crippen LogP contribution in [0.4, 0.5) is 0 Å². The van der Waals surface area contributed by atoms with Gasteiger partial charge < -0.3 is 19.1 Å². The number of methoxy groups -OCH3 is 2. The fourth-order valence-electron chi connectivity index (χ4n) is 4.19. The zero-order chi connectivity index (χ0) is 18.5. The minimum absolute atomic E-state index is 0.0167. The first-order valence-electron chi connectivity index (χ1n) is 9.32. The average Bonchev–Trinajstić information content (AvgIpc) is 2.70. The van der Waals surface area contributed by atoms with Crippen molar-refractivity contribution in [3.8, 4) is 11.5 Å². The predicted molar refractivity (Wildman–Crippen MR) is 96.5 cm³/mol. The summed E-state index contributed by atoms with van der Waals surface area (Å²) in [6.45, 7) is 0.804. The van der Waals surface area contributed by atoms with Gasteiger partial charge in [-0.1, -0.05) is 12.8 Å². The van der Waals surface area contributed by atoms with Gasteiger partial charge in [0.05, 0.1) is 19.8 Å². The predicted octanol–water partition coefficient (Wildman–Crippen LogP) is 3.04. The van der Waals surface area contributed by atoms with Gasteiger partial charge in [0.15, 0.2) is 18.1 Å². The third-order valence-electron chi connectivity index (χ3n) is 5.50.